The second-order valence-corrected chi connectivity index (χ2v) is 7.21. The topological polar surface area (TPSA) is 36.9 Å². The fourth-order valence-electron chi connectivity index (χ4n) is 4.16. The maximum Gasteiger partial charge on any atom is 0.112 e. The van der Waals surface area contributed by atoms with Gasteiger partial charge in [-0.15, -0.1) is 0 Å². The number of rotatable bonds is 4. The Morgan fingerprint density at radius 1 is 1.13 bits per heavy atom. The van der Waals surface area contributed by atoms with Crippen LogP contribution in [0, 0.1) is 11.8 Å². The van der Waals surface area contributed by atoms with Crippen LogP contribution in [0.5, 0.6) is 0 Å². The van der Waals surface area contributed by atoms with E-state index in [-0.39, 0.29) is 29.3 Å². The summed E-state index contributed by atoms with van der Waals surface area (Å²) in [6, 6.07) is -0.297. The predicted molar refractivity (Wildman–Crippen MR) is 91.9 cm³/mol. The molecule has 3 fully saturated rings. The van der Waals surface area contributed by atoms with E-state index in [1.54, 1.807) is 7.11 Å². The summed E-state index contributed by atoms with van der Waals surface area (Å²) in [5, 5.41) is 0. The Balaban J connectivity index is 0.000000167. The number of methoxy groups -OCH3 is 1. The highest BCUT2D eigenvalue weighted by molar-refractivity contribution is 6.11. The lowest BCUT2D eigenvalue weighted by atomic mass is 9.84. The Bertz CT molecular complexity index is 397. The lowest BCUT2D eigenvalue weighted by molar-refractivity contribution is -0.115. The Hall–Kier alpha value is -0.0301. The molecule has 4 nitrogen and oxygen atoms in total. The third-order valence-corrected chi connectivity index (χ3v) is 5.99. The first-order valence-electron chi connectivity index (χ1n) is 8.81. The van der Waals surface area contributed by atoms with Crippen molar-refractivity contribution in [2.24, 2.45) is 11.8 Å². The zero-order valence-corrected chi connectivity index (χ0v) is 15.2. The van der Waals surface area contributed by atoms with Gasteiger partial charge >= 0.3 is 0 Å². The summed E-state index contributed by atoms with van der Waals surface area (Å²) >= 11 is 0. The average Bonchev–Trinajstić information content (AvgIpc) is 3.07. The molecule has 4 radical (unpaired) electrons. The van der Waals surface area contributed by atoms with Crippen LogP contribution >= 0.6 is 0 Å². The lowest BCUT2D eigenvalue weighted by Crippen LogP contribution is -2.38. The van der Waals surface area contributed by atoms with E-state index in [1.807, 2.05) is 0 Å². The Morgan fingerprint density at radius 3 is 2.13 bits per heavy atom. The molecular formula is C17H30B2O4. The summed E-state index contributed by atoms with van der Waals surface area (Å²) < 4.78 is 22.0. The fraction of sp³-hybridized carbons (Fsp3) is 1.00. The minimum Gasteiger partial charge on any atom is -0.382 e. The molecule has 128 valence electrons. The van der Waals surface area contributed by atoms with Crippen molar-refractivity contribution in [2.45, 2.75) is 76.3 Å². The zero-order valence-electron chi connectivity index (χ0n) is 15.2. The van der Waals surface area contributed by atoms with Crippen LogP contribution in [0.3, 0.4) is 0 Å². The van der Waals surface area contributed by atoms with Crippen molar-refractivity contribution in [3.05, 3.63) is 0 Å². The molecule has 0 N–H and O–H groups in total. The van der Waals surface area contributed by atoms with Crippen molar-refractivity contribution in [1.29, 1.82) is 0 Å². The molecule has 0 aromatic carbocycles. The molecule has 3 heterocycles. The Morgan fingerprint density at radius 2 is 1.83 bits per heavy atom. The molecule has 0 aromatic heterocycles. The second kappa shape index (κ2) is 7.47. The molecular weight excluding hydrogens is 290 g/mol. The van der Waals surface area contributed by atoms with Crippen LogP contribution in [0.15, 0.2) is 0 Å². The monoisotopic (exact) mass is 320 g/mol. The third-order valence-electron chi connectivity index (χ3n) is 5.99. The van der Waals surface area contributed by atoms with Gasteiger partial charge in [-0.2, -0.15) is 0 Å². The SMILES string of the molecule is [B][C@@H]1O[C@]2(CC)CO[C@@H]1C2C.[B][C@H]1CC(C)[C@](CC)(COC)O1. The lowest BCUT2D eigenvalue weighted by Gasteiger charge is -2.31. The number of fused-ring (bicyclic) bond motifs is 2. The highest BCUT2D eigenvalue weighted by atomic mass is 16.6. The number of hydrogen-bond donors (Lipinski definition) is 0. The van der Waals surface area contributed by atoms with E-state index in [1.165, 1.54) is 0 Å². The molecule has 0 aromatic rings. The standard InChI is InChI=1S/C9H17BO2.C8H13BO2/c1-4-9(6-11-3)7(2)5-8(10)12-9;1-3-8-4-10-6(5(8)2)7(9)11-8/h7-8H,4-6H2,1-3H3;5-7H,3-4H2,1-2H3/t7?,8-,9+;5?,6-,7-,8-/m11/s1. The van der Waals surface area contributed by atoms with Crippen molar-refractivity contribution < 1.29 is 18.9 Å². The molecule has 3 aliphatic rings. The van der Waals surface area contributed by atoms with Crippen molar-refractivity contribution in [1.82, 2.24) is 0 Å². The predicted octanol–water partition coefficient (Wildman–Crippen LogP) is 2.03. The van der Waals surface area contributed by atoms with Gasteiger partial charge in [0.15, 0.2) is 0 Å². The molecule has 0 saturated carbocycles. The van der Waals surface area contributed by atoms with Gasteiger partial charge in [0.05, 0.1) is 30.5 Å². The van der Waals surface area contributed by atoms with Crippen LogP contribution in [0.2, 0.25) is 0 Å². The molecule has 2 bridgehead atoms. The molecule has 2 unspecified atom stereocenters. The maximum atomic E-state index is 5.73. The molecule has 3 saturated heterocycles. The highest BCUT2D eigenvalue weighted by Gasteiger charge is 2.55. The van der Waals surface area contributed by atoms with Crippen LogP contribution in [0.4, 0.5) is 0 Å². The van der Waals surface area contributed by atoms with Crippen molar-refractivity contribution in [3.63, 3.8) is 0 Å². The van der Waals surface area contributed by atoms with Gasteiger partial charge in [-0.05, 0) is 25.2 Å². The summed E-state index contributed by atoms with van der Waals surface area (Å²) in [4.78, 5) is 0. The maximum absolute atomic E-state index is 5.73. The molecule has 23 heavy (non-hydrogen) atoms. The van der Waals surface area contributed by atoms with E-state index in [0.717, 1.165) is 25.9 Å². The van der Waals surface area contributed by atoms with Crippen LogP contribution < -0.4 is 0 Å². The van der Waals surface area contributed by atoms with Gasteiger partial charge < -0.3 is 18.9 Å². The van der Waals surface area contributed by atoms with Crippen molar-refractivity contribution in [3.8, 4) is 0 Å². The van der Waals surface area contributed by atoms with Crippen LogP contribution in [-0.4, -0.2) is 65.3 Å². The van der Waals surface area contributed by atoms with Crippen LogP contribution in [0.1, 0.15) is 47.0 Å². The molecule has 3 rings (SSSR count). The quantitative estimate of drug-likeness (QED) is 0.743. The van der Waals surface area contributed by atoms with E-state index in [4.69, 9.17) is 34.6 Å². The molecule has 3 aliphatic heterocycles. The number of hydrogen-bond acceptors (Lipinski definition) is 4. The minimum absolute atomic E-state index is 0.0654. The van der Waals surface area contributed by atoms with Gasteiger partial charge in [0.1, 0.15) is 15.7 Å². The summed E-state index contributed by atoms with van der Waals surface area (Å²) in [6.07, 6.45) is 3.04. The highest BCUT2D eigenvalue weighted by Crippen LogP contribution is 2.45. The van der Waals surface area contributed by atoms with Gasteiger partial charge in [0, 0.05) is 25.0 Å². The Labute approximate surface area is 143 Å². The van der Waals surface area contributed by atoms with Gasteiger partial charge in [-0.3, -0.25) is 0 Å². The van der Waals surface area contributed by atoms with Crippen LogP contribution in [0.25, 0.3) is 0 Å². The van der Waals surface area contributed by atoms with Crippen molar-refractivity contribution in [2.75, 3.05) is 20.3 Å². The normalized spacial score (nSPS) is 48.3. The fourth-order valence-corrected chi connectivity index (χ4v) is 4.16. The summed E-state index contributed by atoms with van der Waals surface area (Å²) in [6.45, 7) is 9.96. The van der Waals surface area contributed by atoms with Gasteiger partial charge in [0.2, 0.25) is 0 Å². The third kappa shape index (κ3) is 3.51. The van der Waals surface area contributed by atoms with E-state index in [0.29, 0.717) is 18.4 Å². The average molecular weight is 320 g/mol. The van der Waals surface area contributed by atoms with Crippen molar-refractivity contribution >= 4 is 15.7 Å². The first-order chi connectivity index (χ1) is 10.8. The molecule has 7 atom stereocenters. The van der Waals surface area contributed by atoms with Gasteiger partial charge in [-0.1, -0.05) is 27.7 Å². The molecule has 0 aliphatic carbocycles. The first-order valence-corrected chi connectivity index (χ1v) is 8.81. The summed E-state index contributed by atoms with van der Waals surface area (Å²) in [5.41, 5.74) is -0.196. The minimum atomic E-state index is -0.196. The largest absolute Gasteiger partial charge is 0.382 e. The van der Waals surface area contributed by atoms with E-state index >= 15 is 0 Å². The second-order valence-electron chi connectivity index (χ2n) is 7.21. The van der Waals surface area contributed by atoms with Crippen LogP contribution in [-0.2, 0) is 18.9 Å². The summed E-state index contributed by atoms with van der Waals surface area (Å²) in [7, 11) is 13.2. The van der Waals surface area contributed by atoms with E-state index in [9.17, 15) is 0 Å². The molecule has 6 heteroatoms. The van der Waals surface area contributed by atoms with Gasteiger partial charge in [-0.25, -0.2) is 0 Å². The zero-order chi connectivity index (χ0) is 17.3. The van der Waals surface area contributed by atoms with Gasteiger partial charge in [0.25, 0.3) is 0 Å². The Kier molecular flexibility index (Phi) is 6.26. The number of ether oxygens (including phenoxy) is 4. The first kappa shape index (κ1) is 19.3. The molecule has 0 spiro atoms. The smallest absolute Gasteiger partial charge is 0.112 e. The molecule has 0 amide bonds. The van der Waals surface area contributed by atoms with E-state index < -0.39 is 0 Å². The van der Waals surface area contributed by atoms with E-state index in [2.05, 4.69) is 27.7 Å². The summed E-state index contributed by atoms with van der Waals surface area (Å²) in [5.74, 6) is 0.958.